The van der Waals surface area contributed by atoms with Crippen molar-refractivity contribution in [1.29, 1.82) is 0 Å². The number of hydrogen-bond donors (Lipinski definition) is 2. The molecule has 0 atom stereocenters. The maximum absolute atomic E-state index is 8.82. The van der Waals surface area contributed by atoms with Crippen molar-refractivity contribution in [3.63, 3.8) is 0 Å². The molecule has 2 rings (SSSR count). The fraction of sp³-hybridized carbons (Fsp3) is 0.111. The third kappa shape index (κ3) is 2.12. The van der Waals surface area contributed by atoms with Crippen LogP contribution in [0.1, 0.15) is 5.82 Å². The number of aromatic amines is 1. The van der Waals surface area contributed by atoms with Crippen LogP contribution >= 0.6 is 23.2 Å². The first-order valence-electron chi connectivity index (χ1n) is 4.18. The summed E-state index contributed by atoms with van der Waals surface area (Å²) in [5.74, 6) is 0.897. The van der Waals surface area contributed by atoms with Crippen molar-refractivity contribution in [2.45, 2.75) is 6.61 Å². The third-order valence-electron chi connectivity index (χ3n) is 1.86. The van der Waals surface area contributed by atoms with E-state index in [-0.39, 0.29) is 6.61 Å². The van der Waals surface area contributed by atoms with Gasteiger partial charge in [0.1, 0.15) is 6.61 Å². The van der Waals surface area contributed by atoms with E-state index in [0.717, 1.165) is 5.56 Å². The highest BCUT2D eigenvalue weighted by atomic mass is 35.5. The molecule has 1 aromatic heterocycles. The minimum Gasteiger partial charge on any atom is -0.388 e. The van der Waals surface area contributed by atoms with Gasteiger partial charge in [-0.15, -0.1) is 0 Å². The van der Waals surface area contributed by atoms with Crippen LogP contribution in [0.25, 0.3) is 11.4 Å². The summed E-state index contributed by atoms with van der Waals surface area (Å²) >= 11 is 11.6. The SMILES string of the molecule is OCc1nc(-c2ccc(Cl)c(Cl)c2)n[nH]1. The summed E-state index contributed by atoms with van der Waals surface area (Å²) < 4.78 is 0. The number of rotatable bonds is 2. The van der Waals surface area contributed by atoms with Crippen molar-refractivity contribution in [2.24, 2.45) is 0 Å². The highest BCUT2D eigenvalue weighted by Gasteiger charge is 2.07. The van der Waals surface area contributed by atoms with E-state index in [9.17, 15) is 0 Å². The maximum atomic E-state index is 8.82. The average Bonchev–Trinajstić information content (AvgIpc) is 2.70. The Hall–Kier alpha value is -1.10. The molecule has 0 aliphatic heterocycles. The van der Waals surface area contributed by atoms with Crippen LogP contribution < -0.4 is 0 Å². The second kappa shape index (κ2) is 4.18. The van der Waals surface area contributed by atoms with Gasteiger partial charge in [0.05, 0.1) is 10.0 Å². The normalized spacial score (nSPS) is 10.6. The van der Waals surface area contributed by atoms with E-state index < -0.39 is 0 Å². The van der Waals surface area contributed by atoms with Crippen LogP contribution in [0.15, 0.2) is 18.2 Å². The predicted octanol–water partition coefficient (Wildman–Crippen LogP) is 2.27. The highest BCUT2D eigenvalue weighted by molar-refractivity contribution is 6.42. The Labute approximate surface area is 95.9 Å². The molecule has 2 aromatic rings. The molecular formula is C9H7Cl2N3O. The molecular weight excluding hydrogens is 237 g/mol. The van der Waals surface area contributed by atoms with E-state index in [4.69, 9.17) is 28.3 Å². The van der Waals surface area contributed by atoms with Gasteiger partial charge in [-0.1, -0.05) is 23.2 Å². The number of aliphatic hydroxyl groups is 1. The van der Waals surface area contributed by atoms with Crippen LogP contribution in [0.2, 0.25) is 10.0 Å². The van der Waals surface area contributed by atoms with Crippen molar-refractivity contribution in [3.8, 4) is 11.4 Å². The zero-order valence-corrected chi connectivity index (χ0v) is 9.05. The highest BCUT2D eigenvalue weighted by Crippen LogP contribution is 2.26. The summed E-state index contributed by atoms with van der Waals surface area (Å²) in [4.78, 5) is 4.05. The number of nitrogens with one attached hydrogen (secondary N) is 1. The maximum Gasteiger partial charge on any atom is 0.181 e. The first-order valence-corrected chi connectivity index (χ1v) is 4.94. The molecule has 0 saturated carbocycles. The Bertz CT molecular complexity index is 484. The van der Waals surface area contributed by atoms with Crippen molar-refractivity contribution in [1.82, 2.24) is 15.2 Å². The second-order valence-corrected chi connectivity index (χ2v) is 3.71. The topological polar surface area (TPSA) is 61.8 Å². The lowest BCUT2D eigenvalue weighted by Gasteiger charge is -1.97. The second-order valence-electron chi connectivity index (χ2n) is 2.89. The molecule has 0 amide bonds. The molecule has 0 fully saturated rings. The minimum absolute atomic E-state index is 0.172. The molecule has 1 aromatic carbocycles. The molecule has 4 nitrogen and oxygen atoms in total. The van der Waals surface area contributed by atoms with E-state index in [2.05, 4.69) is 15.2 Å². The van der Waals surface area contributed by atoms with Gasteiger partial charge in [-0.2, -0.15) is 5.10 Å². The molecule has 0 aliphatic rings. The van der Waals surface area contributed by atoms with Gasteiger partial charge in [-0.3, -0.25) is 5.10 Å². The predicted molar refractivity (Wildman–Crippen MR) is 57.8 cm³/mol. The molecule has 0 bridgehead atoms. The Morgan fingerprint density at radius 2 is 2.07 bits per heavy atom. The molecule has 0 saturated heterocycles. The molecule has 0 aliphatic carbocycles. The van der Waals surface area contributed by atoms with Gasteiger partial charge < -0.3 is 5.11 Å². The fourth-order valence-corrected chi connectivity index (χ4v) is 1.43. The number of nitrogens with zero attached hydrogens (tertiary/aromatic N) is 2. The smallest absolute Gasteiger partial charge is 0.181 e. The zero-order chi connectivity index (χ0) is 10.8. The lowest BCUT2D eigenvalue weighted by molar-refractivity contribution is 0.272. The van der Waals surface area contributed by atoms with E-state index in [1.165, 1.54) is 0 Å². The number of aliphatic hydroxyl groups excluding tert-OH is 1. The standard InChI is InChI=1S/C9H7Cl2N3O/c10-6-2-1-5(3-7(6)11)9-12-8(4-15)13-14-9/h1-3,15H,4H2,(H,12,13,14). The van der Waals surface area contributed by atoms with E-state index in [1.54, 1.807) is 18.2 Å². The largest absolute Gasteiger partial charge is 0.388 e. The van der Waals surface area contributed by atoms with Gasteiger partial charge in [0.25, 0.3) is 0 Å². The van der Waals surface area contributed by atoms with Gasteiger partial charge in [-0.25, -0.2) is 4.98 Å². The van der Waals surface area contributed by atoms with Gasteiger partial charge in [0.2, 0.25) is 0 Å². The number of benzene rings is 1. The van der Waals surface area contributed by atoms with Crippen molar-refractivity contribution in [3.05, 3.63) is 34.1 Å². The fourth-order valence-electron chi connectivity index (χ4n) is 1.13. The Balaban J connectivity index is 2.40. The van der Waals surface area contributed by atoms with Crippen LogP contribution in [-0.4, -0.2) is 20.3 Å². The number of aromatic nitrogens is 3. The molecule has 6 heteroatoms. The summed E-state index contributed by atoms with van der Waals surface area (Å²) in [7, 11) is 0. The molecule has 2 N–H and O–H groups in total. The van der Waals surface area contributed by atoms with Crippen molar-refractivity contribution in [2.75, 3.05) is 0 Å². The lowest BCUT2D eigenvalue weighted by atomic mass is 10.2. The van der Waals surface area contributed by atoms with Crippen molar-refractivity contribution < 1.29 is 5.11 Å². The average molecular weight is 244 g/mol. The summed E-state index contributed by atoms with van der Waals surface area (Å²) in [5.41, 5.74) is 0.750. The van der Waals surface area contributed by atoms with Gasteiger partial charge in [0.15, 0.2) is 11.6 Å². The monoisotopic (exact) mass is 243 g/mol. The lowest BCUT2D eigenvalue weighted by Crippen LogP contribution is -1.85. The van der Waals surface area contributed by atoms with Gasteiger partial charge >= 0.3 is 0 Å². The quantitative estimate of drug-likeness (QED) is 0.851. The number of halogens is 2. The van der Waals surface area contributed by atoms with Gasteiger partial charge in [-0.05, 0) is 18.2 Å². The first-order chi connectivity index (χ1) is 7.20. The van der Waals surface area contributed by atoms with Crippen LogP contribution in [-0.2, 0) is 6.61 Å². The molecule has 0 spiro atoms. The summed E-state index contributed by atoms with van der Waals surface area (Å²) in [5, 5.41) is 16.3. The molecule has 1 heterocycles. The Kier molecular flexibility index (Phi) is 2.90. The zero-order valence-electron chi connectivity index (χ0n) is 7.54. The summed E-state index contributed by atoms with van der Waals surface area (Å²) in [6, 6.07) is 5.11. The number of H-pyrrole nitrogens is 1. The van der Waals surface area contributed by atoms with Crippen LogP contribution in [0.3, 0.4) is 0 Å². The third-order valence-corrected chi connectivity index (χ3v) is 2.60. The minimum atomic E-state index is -0.172. The van der Waals surface area contributed by atoms with Crippen LogP contribution in [0.5, 0.6) is 0 Å². The van der Waals surface area contributed by atoms with Crippen LogP contribution in [0.4, 0.5) is 0 Å². The Morgan fingerprint density at radius 3 is 2.67 bits per heavy atom. The van der Waals surface area contributed by atoms with Gasteiger partial charge in [0, 0.05) is 5.56 Å². The molecule has 15 heavy (non-hydrogen) atoms. The van der Waals surface area contributed by atoms with Crippen molar-refractivity contribution >= 4 is 23.2 Å². The first kappa shape index (κ1) is 10.4. The number of hydrogen-bond acceptors (Lipinski definition) is 3. The molecule has 0 radical (unpaired) electrons. The van der Waals surface area contributed by atoms with E-state index in [0.29, 0.717) is 21.7 Å². The Morgan fingerprint density at radius 1 is 1.27 bits per heavy atom. The van der Waals surface area contributed by atoms with Crippen LogP contribution in [0, 0.1) is 0 Å². The summed E-state index contributed by atoms with van der Waals surface area (Å²) in [6.45, 7) is -0.172. The molecule has 78 valence electrons. The van der Waals surface area contributed by atoms with E-state index in [1.807, 2.05) is 0 Å². The molecule has 0 unspecified atom stereocenters. The van der Waals surface area contributed by atoms with E-state index >= 15 is 0 Å². The summed E-state index contributed by atoms with van der Waals surface area (Å²) in [6.07, 6.45) is 0.